The van der Waals surface area contributed by atoms with Crippen molar-refractivity contribution in [3.05, 3.63) is 59.2 Å². The van der Waals surface area contributed by atoms with Crippen LogP contribution in [0.4, 0.5) is 5.69 Å². The van der Waals surface area contributed by atoms with Gasteiger partial charge in [-0.3, -0.25) is 4.79 Å². The molecule has 1 fully saturated rings. The van der Waals surface area contributed by atoms with E-state index in [1.165, 1.54) is 9.87 Å². The average molecular weight is 473 g/mol. The number of carbonyl (C=O) groups is 1. The van der Waals surface area contributed by atoms with Crippen LogP contribution in [0.15, 0.2) is 42.5 Å². The molecule has 0 atom stereocenters. The minimum atomic E-state index is -3.61. The van der Waals surface area contributed by atoms with E-state index >= 15 is 0 Å². The van der Waals surface area contributed by atoms with Gasteiger partial charge in [-0.25, -0.2) is 0 Å². The van der Waals surface area contributed by atoms with Crippen LogP contribution >= 0.6 is 0 Å². The molecule has 2 aliphatic rings. The number of nitrogens with zero attached hydrogens (tertiary/aromatic N) is 4. The Morgan fingerprint density at radius 3 is 2.45 bits per heavy atom. The highest BCUT2D eigenvalue weighted by Gasteiger charge is 2.31. The summed E-state index contributed by atoms with van der Waals surface area (Å²) in [5.74, 6) is 0.803. The van der Waals surface area contributed by atoms with Gasteiger partial charge >= 0.3 is 0 Å². The number of hydrogen-bond acceptors (Lipinski definition) is 5. The number of methoxy groups -OCH3 is 1. The number of hydrogen-bond donors (Lipinski definition) is 0. The summed E-state index contributed by atoms with van der Waals surface area (Å²) in [7, 11) is -0.408. The summed E-state index contributed by atoms with van der Waals surface area (Å²) < 4.78 is 34.9. The van der Waals surface area contributed by atoms with E-state index in [-0.39, 0.29) is 12.5 Å². The number of rotatable bonds is 6. The predicted molar refractivity (Wildman–Crippen MR) is 128 cm³/mol. The summed E-state index contributed by atoms with van der Waals surface area (Å²) >= 11 is 0. The number of amides is 1. The maximum atomic E-state index is 13.3. The normalized spacial score (nSPS) is 17.2. The summed E-state index contributed by atoms with van der Waals surface area (Å²) in [6, 6.07) is 13.8. The van der Waals surface area contributed by atoms with Crippen molar-refractivity contribution in [2.75, 3.05) is 51.8 Å². The molecule has 33 heavy (non-hydrogen) atoms. The Labute approximate surface area is 196 Å². The van der Waals surface area contributed by atoms with Crippen molar-refractivity contribution in [3.8, 4) is 5.75 Å². The highest BCUT2D eigenvalue weighted by Crippen LogP contribution is 2.28. The molecule has 0 unspecified atom stereocenters. The van der Waals surface area contributed by atoms with Gasteiger partial charge in [-0.15, -0.1) is 0 Å². The fraction of sp³-hybridized carbons (Fsp3) is 0.458. The SMILES string of the molecule is COc1ccccc1CN(C)S(=O)(=O)N1CCc2cc(N3CCN(C(C)=O)CC3)ccc2C1. The molecule has 2 aromatic carbocycles. The maximum absolute atomic E-state index is 13.3. The molecule has 0 radical (unpaired) electrons. The minimum absolute atomic E-state index is 0.122. The lowest BCUT2D eigenvalue weighted by Crippen LogP contribution is -2.48. The lowest BCUT2D eigenvalue weighted by molar-refractivity contribution is -0.129. The Morgan fingerprint density at radius 2 is 1.76 bits per heavy atom. The van der Waals surface area contributed by atoms with Crippen LogP contribution in [0.5, 0.6) is 5.75 Å². The molecule has 0 N–H and O–H groups in total. The third-order valence-electron chi connectivity index (χ3n) is 6.56. The van der Waals surface area contributed by atoms with Crippen molar-refractivity contribution in [2.45, 2.75) is 26.4 Å². The average Bonchev–Trinajstić information content (AvgIpc) is 2.83. The Balaban J connectivity index is 1.43. The fourth-order valence-electron chi connectivity index (χ4n) is 4.54. The van der Waals surface area contributed by atoms with Crippen LogP contribution in [-0.4, -0.2) is 74.7 Å². The van der Waals surface area contributed by atoms with Crippen LogP contribution in [0.2, 0.25) is 0 Å². The summed E-state index contributed by atoms with van der Waals surface area (Å²) in [6.07, 6.45) is 0.679. The number of benzene rings is 2. The molecule has 0 spiro atoms. The molecule has 2 heterocycles. The van der Waals surface area contributed by atoms with Gasteiger partial charge < -0.3 is 14.5 Å². The number of ether oxygens (including phenoxy) is 1. The molecule has 0 bridgehead atoms. The van der Waals surface area contributed by atoms with Crippen LogP contribution in [0.1, 0.15) is 23.6 Å². The van der Waals surface area contributed by atoms with Crippen LogP contribution in [-0.2, 0) is 34.5 Å². The van der Waals surface area contributed by atoms with Crippen molar-refractivity contribution >= 4 is 21.8 Å². The van der Waals surface area contributed by atoms with Crippen molar-refractivity contribution in [3.63, 3.8) is 0 Å². The number of anilines is 1. The quantitative estimate of drug-likeness (QED) is 0.644. The predicted octanol–water partition coefficient (Wildman–Crippen LogP) is 2.10. The fourth-order valence-corrected chi connectivity index (χ4v) is 5.86. The molecule has 0 aliphatic carbocycles. The first kappa shape index (κ1) is 23.5. The first-order valence-electron chi connectivity index (χ1n) is 11.2. The molecule has 1 saturated heterocycles. The van der Waals surface area contributed by atoms with Gasteiger partial charge in [0.05, 0.1) is 7.11 Å². The van der Waals surface area contributed by atoms with Crippen LogP contribution in [0.25, 0.3) is 0 Å². The Morgan fingerprint density at radius 1 is 1.03 bits per heavy atom. The third-order valence-corrected chi connectivity index (χ3v) is 8.44. The van der Waals surface area contributed by atoms with Gasteiger partial charge in [-0.2, -0.15) is 17.0 Å². The van der Waals surface area contributed by atoms with Crippen LogP contribution in [0, 0.1) is 0 Å². The van der Waals surface area contributed by atoms with E-state index in [0.29, 0.717) is 25.3 Å². The second-order valence-electron chi connectivity index (χ2n) is 8.61. The standard InChI is InChI=1S/C24H32N4O4S/c1-19(29)26-12-14-27(15-13-26)23-9-8-21-18-28(11-10-20(21)16-23)33(30,31)25(2)17-22-6-4-5-7-24(22)32-3/h4-9,16H,10-15,17-18H2,1-3H3. The Kier molecular flexibility index (Phi) is 6.92. The number of fused-ring (bicyclic) bond motifs is 1. The lowest BCUT2D eigenvalue weighted by atomic mass is 10.00. The largest absolute Gasteiger partial charge is 0.496 e. The molecular formula is C24H32N4O4S. The minimum Gasteiger partial charge on any atom is -0.496 e. The van der Waals surface area contributed by atoms with Crippen LogP contribution < -0.4 is 9.64 Å². The van der Waals surface area contributed by atoms with E-state index in [9.17, 15) is 13.2 Å². The van der Waals surface area contributed by atoms with Crippen LogP contribution in [0.3, 0.4) is 0 Å². The van der Waals surface area contributed by atoms with Gasteiger partial charge in [0, 0.05) is 71.0 Å². The highest BCUT2D eigenvalue weighted by atomic mass is 32.2. The summed E-state index contributed by atoms with van der Waals surface area (Å²) in [4.78, 5) is 15.7. The van der Waals surface area contributed by atoms with Gasteiger partial charge in [0.1, 0.15) is 5.75 Å². The van der Waals surface area contributed by atoms with Gasteiger partial charge in [0.2, 0.25) is 5.91 Å². The summed E-state index contributed by atoms with van der Waals surface area (Å²) in [6.45, 7) is 5.77. The zero-order chi connectivity index (χ0) is 23.6. The van der Waals surface area contributed by atoms with E-state index in [1.54, 1.807) is 25.4 Å². The first-order valence-corrected chi connectivity index (χ1v) is 12.6. The lowest BCUT2D eigenvalue weighted by Gasteiger charge is -2.36. The van der Waals surface area contributed by atoms with Crippen molar-refractivity contribution in [1.29, 1.82) is 0 Å². The van der Waals surface area contributed by atoms with Gasteiger partial charge in [-0.05, 0) is 35.7 Å². The Bertz CT molecular complexity index is 1110. The number of para-hydroxylation sites is 1. The van der Waals surface area contributed by atoms with E-state index in [2.05, 4.69) is 17.0 Å². The Hall–Kier alpha value is -2.62. The van der Waals surface area contributed by atoms with Crippen molar-refractivity contribution in [2.24, 2.45) is 0 Å². The monoisotopic (exact) mass is 472 g/mol. The molecular weight excluding hydrogens is 440 g/mol. The second-order valence-corrected chi connectivity index (χ2v) is 10.6. The molecule has 4 rings (SSSR count). The van der Waals surface area contributed by atoms with Gasteiger partial charge in [-0.1, -0.05) is 24.3 Å². The third kappa shape index (κ3) is 5.00. The molecule has 8 nitrogen and oxygen atoms in total. The zero-order valence-electron chi connectivity index (χ0n) is 19.5. The molecule has 2 aliphatic heterocycles. The molecule has 9 heteroatoms. The number of carbonyl (C=O) groups excluding carboxylic acids is 1. The van der Waals surface area contributed by atoms with E-state index in [4.69, 9.17) is 4.74 Å². The van der Waals surface area contributed by atoms with Gasteiger partial charge in [0.15, 0.2) is 0 Å². The first-order chi connectivity index (χ1) is 15.8. The second kappa shape index (κ2) is 9.70. The van der Waals surface area contributed by atoms with Crippen molar-refractivity contribution < 1.29 is 17.9 Å². The molecule has 2 aromatic rings. The summed E-state index contributed by atoms with van der Waals surface area (Å²) in [5.41, 5.74) is 4.21. The molecule has 0 aromatic heterocycles. The zero-order valence-corrected chi connectivity index (χ0v) is 20.3. The topological polar surface area (TPSA) is 73.4 Å². The maximum Gasteiger partial charge on any atom is 0.282 e. The van der Waals surface area contributed by atoms with Crippen molar-refractivity contribution in [1.82, 2.24) is 13.5 Å². The van der Waals surface area contributed by atoms with E-state index in [0.717, 1.165) is 43.0 Å². The van der Waals surface area contributed by atoms with E-state index < -0.39 is 10.2 Å². The molecule has 178 valence electrons. The molecule has 1 amide bonds. The highest BCUT2D eigenvalue weighted by molar-refractivity contribution is 7.86. The smallest absolute Gasteiger partial charge is 0.282 e. The number of piperazine rings is 1. The van der Waals surface area contributed by atoms with E-state index in [1.807, 2.05) is 35.2 Å². The molecule has 0 saturated carbocycles. The summed E-state index contributed by atoms with van der Waals surface area (Å²) in [5, 5.41) is 0. The van der Waals surface area contributed by atoms with Gasteiger partial charge in [0.25, 0.3) is 10.2 Å².